The molecule has 2 aromatic heterocycles. The lowest BCUT2D eigenvalue weighted by Gasteiger charge is -2.28. The Morgan fingerprint density at radius 3 is 2.59 bits per heavy atom. The highest BCUT2D eigenvalue weighted by atomic mass is 19.3. The van der Waals surface area contributed by atoms with Gasteiger partial charge in [-0.15, -0.1) is 0 Å². The summed E-state index contributed by atoms with van der Waals surface area (Å²) >= 11 is 0. The first-order chi connectivity index (χ1) is 16.2. The molecule has 5 nitrogen and oxygen atoms in total. The van der Waals surface area contributed by atoms with Gasteiger partial charge in [0.1, 0.15) is 11.4 Å². The average Bonchev–Trinajstić information content (AvgIpc) is 3.21. The monoisotopic (exact) mass is 472 g/mol. The highest BCUT2D eigenvalue weighted by Gasteiger charge is 2.25. The Labute approximate surface area is 197 Å². The second-order valence-electron chi connectivity index (χ2n) is 9.71. The van der Waals surface area contributed by atoms with E-state index in [4.69, 9.17) is 0 Å². The summed E-state index contributed by atoms with van der Waals surface area (Å²) in [5.41, 5.74) is -1.50. The standard InChI is InChI=1S/C26H31F3N4O/c1-4-6-16-9-11-18(12-10-16)33-15-17-13-22(19(24(27)28)14-21(17)32-33)31-25(34)20-7-5-8-23(30-20)26(2,3)29/h5,7-8,13-16,18,24H,4,6,9-12H2,1-3H3,(H,31,34). The lowest BCUT2D eigenvalue weighted by molar-refractivity contribution is 0.102. The van der Waals surface area contributed by atoms with E-state index in [2.05, 4.69) is 22.3 Å². The van der Waals surface area contributed by atoms with Crippen LogP contribution in [0.3, 0.4) is 0 Å². The Bertz CT molecular complexity index is 1160. The van der Waals surface area contributed by atoms with Gasteiger partial charge in [-0.1, -0.05) is 25.8 Å². The summed E-state index contributed by atoms with van der Waals surface area (Å²) in [4.78, 5) is 16.8. The van der Waals surface area contributed by atoms with Crippen LogP contribution in [-0.4, -0.2) is 20.7 Å². The second-order valence-corrected chi connectivity index (χ2v) is 9.71. The van der Waals surface area contributed by atoms with Gasteiger partial charge >= 0.3 is 0 Å². The summed E-state index contributed by atoms with van der Waals surface area (Å²) in [6.45, 7) is 4.89. The molecule has 8 heteroatoms. The fourth-order valence-corrected chi connectivity index (χ4v) is 4.77. The van der Waals surface area contributed by atoms with E-state index < -0.39 is 18.0 Å². The predicted molar refractivity (Wildman–Crippen MR) is 127 cm³/mol. The van der Waals surface area contributed by atoms with Crippen molar-refractivity contribution in [2.75, 3.05) is 5.32 Å². The van der Waals surface area contributed by atoms with Crippen molar-refractivity contribution < 1.29 is 18.0 Å². The van der Waals surface area contributed by atoms with Crippen LogP contribution in [0.5, 0.6) is 0 Å². The van der Waals surface area contributed by atoms with Crippen LogP contribution in [-0.2, 0) is 5.67 Å². The Balaban J connectivity index is 1.59. The molecule has 0 aliphatic heterocycles. The van der Waals surface area contributed by atoms with Crippen molar-refractivity contribution in [1.82, 2.24) is 14.8 Å². The normalized spacial score (nSPS) is 19.0. The van der Waals surface area contributed by atoms with Crippen LogP contribution < -0.4 is 5.32 Å². The van der Waals surface area contributed by atoms with Gasteiger partial charge < -0.3 is 5.32 Å². The largest absolute Gasteiger partial charge is 0.320 e. The molecule has 1 amide bonds. The van der Waals surface area contributed by atoms with E-state index in [0.29, 0.717) is 10.9 Å². The van der Waals surface area contributed by atoms with Crippen LogP contribution in [0.4, 0.5) is 18.9 Å². The molecule has 0 saturated heterocycles. The summed E-state index contributed by atoms with van der Waals surface area (Å²) in [5, 5.41) is 7.81. The van der Waals surface area contributed by atoms with Crippen LogP contribution in [0, 0.1) is 5.92 Å². The molecule has 1 aromatic carbocycles. The molecule has 182 valence electrons. The fraction of sp³-hybridized carbons (Fsp3) is 0.500. The Morgan fingerprint density at radius 1 is 1.21 bits per heavy atom. The van der Waals surface area contributed by atoms with Gasteiger partial charge in [0.05, 0.1) is 22.9 Å². The van der Waals surface area contributed by atoms with Crippen molar-refractivity contribution in [2.24, 2.45) is 5.92 Å². The number of amides is 1. The number of nitrogens with zero attached hydrogens (tertiary/aromatic N) is 3. The number of halogens is 3. The molecule has 4 rings (SSSR count). The highest BCUT2D eigenvalue weighted by molar-refractivity contribution is 6.04. The molecule has 0 spiro atoms. The van der Waals surface area contributed by atoms with E-state index in [1.54, 1.807) is 0 Å². The van der Waals surface area contributed by atoms with Crippen molar-refractivity contribution >= 4 is 22.5 Å². The number of carbonyl (C=O) groups is 1. The molecule has 1 aliphatic carbocycles. The molecule has 0 unspecified atom stereocenters. The highest BCUT2D eigenvalue weighted by Crippen LogP contribution is 2.36. The summed E-state index contributed by atoms with van der Waals surface area (Å²) in [6.07, 6.45) is 5.87. The second kappa shape index (κ2) is 9.76. The lowest BCUT2D eigenvalue weighted by Crippen LogP contribution is -2.18. The molecule has 1 N–H and O–H groups in total. The van der Waals surface area contributed by atoms with Crippen molar-refractivity contribution in [2.45, 2.75) is 77.4 Å². The summed E-state index contributed by atoms with van der Waals surface area (Å²) in [7, 11) is 0. The van der Waals surface area contributed by atoms with Crippen molar-refractivity contribution in [3.63, 3.8) is 0 Å². The Kier molecular flexibility index (Phi) is 6.96. The van der Waals surface area contributed by atoms with E-state index in [0.717, 1.165) is 31.6 Å². The van der Waals surface area contributed by atoms with Crippen molar-refractivity contribution in [1.29, 1.82) is 0 Å². The first kappa shape index (κ1) is 24.2. The van der Waals surface area contributed by atoms with E-state index in [-0.39, 0.29) is 28.7 Å². The van der Waals surface area contributed by atoms with Crippen molar-refractivity contribution in [3.05, 3.63) is 53.5 Å². The van der Waals surface area contributed by atoms with E-state index >= 15 is 0 Å². The molecule has 1 aliphatic rings. The number of nitrogens with one attached hydrogen (secondary N) is 1. The van der Waals surface area contributed by atoms with Gasteiger partial charge in [-0.05, 0) is 69.7 Å². The van der Waals surface area contributed by atoms with Gasteiger partial charge in [0.2, 0.25) is 0 Å². The van der Waals surface area contributed by atoms with E-state index in [9.17, 15) is 18.0 Å². The number of anilines is 1. The predicted octanol–water partition coefficient (Wildman–Crippen LogP) is 7.36. The molecule has 1 saturated carbocycles. The van der Waals surface area contributed by atoms with Gasteiger partial charge in [0.15, 0.2) is 0 Å². The van der Waals surface area contributed by atoms with Gasteiger partial charge in [0.25, 0.3) is 12.3 Å². The van der Waals surface area contributed by atoms with Crippen LogP contribution in [0.25, 0.3) is 10.9 Å². The number of hydrogen-bond acceptors (Lipinski definition) is 3. The third kappa shape index (κ3) is 5.26. The number of alkyl halides is 3. The fourth-order valence-electron chi connectivity index (χ4n) is 4.77. The number of fused-ring (bicyclic) bond motifs is 1. The van der Waals surface area contributed by atoms with Gasteiger partial charge in [-0.3, -0.25) is 9.48 Å². The average molecular weight is 473 g/mol. The third-order valence-corrected chi connectivity index (χ3v) is 6.65. The van der Waals surface area contributed by atoms with Gasteiger partial charge in [-0.2, -0.15) is 5.10 Å². The van der Waals surface area contributed by atoms with Crippen LogP contribution in [0.15, 0.2) is 36.5 Å². The topological polar surface area (TPSA) is 59.8 Å². The summed E-state index contributed by atoms with van der Waals surface area (Å²) < 4.78 is 43.8. The number of carbonyl (C=O) groups excluding carboxylic acids is 1. The Morgan fingerprint density at radius 2 is 1.94 bits per heavy atom. The number of hydrogen-bond donors (Lipinski definition) is 1. The molecule has 0 bridgehead atoms. The maximum absolute atomic E-state index is 14.2. The number of benzene rings is 1. The quantitative estimate of drug-likeness (QED) is 0.391. The first-order valence-corrected chi connectivity index (χ1v) is 11.9. The maximum Gasteiger partial charge on any atom is 0.274 e. The van der Waals surface area contributed by atoms with E-state index in [1.807, 2.05) is 10.9 Å². The van der Waals surface area contributed by atoms with Crippen LogP contribution >= 0.6 is 0 Å². The molecule has 2 heterocycles. The number of pyridine rings is 1. The zero-order valence-electron chi connectivity index (χ0n) is 19.8. The zero-order valence-corrected chi connectivity index (χ0v) is 19.8. The van der Waals surface area contributed by atoms with E-state index in [1.165, 1.54) is 57.0 Å². The number of rotatable bonds is 7. The molecular formula is C26H31F3N4O. The minimum atomic E-state index is -2.79. The van der Waals surface area contributed by atoms with Crippen molar-refractivity contribution in [3.8, 4) is 0 Å². The van der Waals surface area contributed by atoms with Gasteiger partial charge in [0, 0.05) is 17.1 Å². The smallest absolute Gasteiger partial charge is 0.274 e. The summed E-state index contributed by atoms with van der Waals surface area (Å²) in [6, 6.07) is 7.56. The van der Waals surface area contributed by atoms with Crippen LogP contribution in [0.1, 0.15) is 93.5 Å². The minimum absolute atomic E-state index is 0.00501. The molecule has 3 aromatic rings. The lowest BCUT2D eigenvalue weighted by atomic mass is 9.83. The summed E-state index contributed by atoms with van der Waals surface area (Å²) in [5.74, 6) is 0.0857. The SMILES string of the molecule is CCCC1CCC(n2cc3cc(NC(=O)c4cccc(C(C)(C)F)n4)c(C(F)F)cc3n2)CC1. The maximum atomic E-state index is 14.2. The first-order valence-electron chi connectivity index (χ1n) is 11.9. The molecule has 34 heavy (non-hydrogen) atoms. The molecular weight excluding hydrogens is 441 g/mol. The molecule has 0 atom stereocenters. The zero-order chi connectivity index (χ0) is 24.5. The molecule has 0 radical (unpaired) electrons. The van der Waals surface area contributed by atoms with Crippen LogP contribution in [0.2, 0.25) is 0 Å². The third-order valence-electron chi connectivity index (χ3n) is 6.65. The van der Waals surface area contributed by atoms with Gasteiger partial charge in [-0.25, -0.2) is 18.2 Å². The molecule has 1 fully saturated rings. The number of aromatic nitrogens is 3. The Hall–Kier alpha value is -2.90. The minimum Gasteiger partial charge on any atom is -0.320 e.